The molecule has 0 unspecified atom stereocenters. The monoisotopic (exact) mass is 250 g/mol. The molecule has 0 fully saturated rings. The number of unbranched alkanes of at least 4 members (excludes halogenated alkanes) is 1. The summed E-state index contributed by atoms with van der Waals surface area (Å²) in [6.07, 6.45) is 5.52. The van der Waals surface area contributed by atoms with Gasteiger partial charge in [-0.25, -0.2) is 0 Å². The molecule has 4 nitrogen and oxygen atoms in total. The molecule has 1 heterocycles. The molecule has 0 aromatic carbocycles. The minimum Gasteiger partial charge on any atom is -0.503 e. The minimum absolute atomic E-state index is 0.211. The van der Waals surface area contributed by atoms with E-state index in [0.717, 1.165) is 25.1 Å². The molecule has 1 rings (SSSR count). The third kappa shape index (κ3) is 4.04. The Morgan fingerprint density at radius 3 is 2.89 bits per heavy atom. The van der Waals surface area contributed by atoms with Crippen LogP contribution in [0.15, 0.2) is 29.7 Å². The maximum Gasteiger partial charge on any atom is 0.223 e. The van der Waals surface area contributed by atoms with Gasteiger partial charge in [-0.15, -0.1) is 6.58 Å². The quantitative estimate of drug-likeness (QED) is 0.753. The van der Waals surface area contributed by atoms with Crippen molar-refractivity contribution in [2.75, 3.05) is 13.6 Å². The maximum absolute atomic E-state index is 11.5. The Labute approximate surface area is 108 Å². The van der Waals surface area contributed by atoms with E-state index in [4.69, 9.17) is 0 Å². The van der Waals surface area contributed by atoms with E-state index in [2.05, 4.69) is 18.4 Å². The summed E-state index contributed by atoms with van der Waals surface area (Å²) in [7, 11) is 2.03. The summed E-state index contributed by atoms with van der Waals surface area (Å²) < 4.78 is 1.85. The third-order valence-electron chi connectivity index (χ3n) is 2.85. The average Bonchev–Trinajstić information content (AvgIpc) is 2.33. The Bertz CT molecular complexity index is 452. The topological polar surface area (TPSA) is 45.5 Å². The second-order valence-corrected chi connectivity index (χ2v) is 4.55. The standard InChI is InChI=1S/C14H22N2O2/c1-4-6-8-15(3)10-12-9-13(17)14(18)11-16(12)7-5-2/h5,9,11,18H,2,4,6-8,10H2,1,3H3. The lowest BCUT2D eigenvalue weighted by atomic mass is 10.2. The van der Waals surface area contributed by atoms with Crippen LogP contribution in [0.2, 0.25) is 0 Å². The number of rotatable bonds is 7. The second-order valence-electron chi connectivity index (χ2n) is 4.55. The van der Waals surface area contributed by atoms with E-state index in [0.29, 0.717) is 13.1 Å². The van der Waals surface area contributed by atoms with Crippen molar-refractivity contribution >= 4 is 0 Å². The summed E-state index contributed by atoms with van der Waals surface area (Å²) in [5.74, 6) is -0.211. The number of aromatic nitrogens is 1. The van der Waals surface area contributed by atoms with Crippen molar-refractivity contribution < 1.29 is 5.11 Å². The van der Waals surface area contributed by atoms with Crippen LogP contribution in [0.1, 0.15) is 25.5 Å². The SMILES string of the molecule is C=CCn1cc(O)c(=O)cc1CN(C)CCCC. The summed E-state index contributed by atoms with van der Waals surface area (Å²) >= 11 is 0. The zero-order chi connectivity index (χ0) is 13.5. The molecule has 0 bridgehead atoms. The molecule has 18 heavy (non-hydrogen) atoms. The van der Waals surface area contributed by atoms with Gasteiger partial charge in [0.2, 0.25) is 5.43 Å². The lowest BCUT2D eigenvalue weighted by molar-refractivity contribution is 0.311. The molecular weight excluding hydrogens is 228 g/mol. The lowest BCUT2D eigenvalue weighted by Crippen LogP contribution is -2.23. The molecule has 0 amide bonds. The molecule has 0 aliphatic carbocycles. The molecule has 0 saturated carbocycles. The van der Waals surface area contributed by atoms with Gasteiger partial charge in [0.1, 0.15) is 0 Å². The van der Waals surface area contributed by atoms with E-state index in [-0.39, 0.29) is 11.2 Å². The van der Waals surface area contributed by atoms with Gasteiger partial charge in [-0.3, -0.25) is 4.79 Å². The third-order valence-corrected chi connectivity index (χ3v) is 2.85. The zero-order valence-corrected chi connectivity index (χ0v) is 11.2. The van der Waals surface area contributed by atoms with Gasteiger partial charge in [-0.1, -0.05) is 19.4 Å². The molecule has 1 N–H and O–H groups in total. The van der Waals surface area contributed by atoms with E-state index in [1.807, 2.05) is 11.6 Å². The van der Waals surface area contributed by atoms with E-state index in [1.54, 1.807) is 6.08 Å². The van der Waals surface area contributed by atoms with Gasteiger partial charge in [0, 0.05) is 24.8 Å². The Morgan fingerprint density at radius 1 is 1.56 bits per heavy atom. The highest BCUT2D eigenvalue weighted by Crippen LogP contribution is 2.08. The number of hydrogen-bond acceptors (Lipinski definition) is 3. The Morgan fingerprint density at radius 2 is 2.28 bits per heavy atom. The predicted octanol–water partition coefficient (Wildman–Crippen LogP) is 1.97. The van der Waals surface area contributed by atoms with Gasteiger partial charge in [0.05, 0.1) is 6.20 Å². The maximum atomic E-state index is 11.5. The van der Waals surface area contributed by atoms with Crippen LogP contribution in [-0.2, 0) is 13.1 Å². The average molecular weight is 250 g/mol. The molecule has 1 aromatic rings. The van der Waals surface area contributed by atoms with E-state index in [1.165, 1.54) is 12.3 Å². The Hall–Kier alpha value is -1.55. The summed E-state index contributed by atoms with van der Waals surface area (Å²) in [5.41, 5.74) is 0.575. The van der Waals surface area contributed by atoms with E-state index < -0.39 is 0 Å². The van der Waals surface area contributed by atoms with Crippen molar-refractivity contribution in [1.82, 2.24) is 9.47 Å². The molecule has 0 radical (unpaired) electrons. The number of pyridine rings is 1. The van der Waals surface area contributed by atoms with Crippen molar-refractivity contribution in [3.05, 3.63) is 40.8 Å². The normalized spacial score (nSPS) is 10.8. The first kappa shape index (κ1) is 14.5. The number of aromatic hydroxyl groups is 1. The van der Waals surface area contributed by atoms with Crippen molar-refractivity contribution in [3.8, 4) is 5.75 Å². The number of hydrogen-bond donors (Lipinski definition) is 1. The molecular formula is C14H22N2O2. The van der Waals surface area contributed by atoms with Crippen LogP contribution in [0, 0.1) is 0 Å². The van der Waals surface area contributed by atoms with Crippen LogP contribution in [0.25, 0.3) is 0 Å². The predicted molar refractivity (Wildman–Crippen MR) is 73.8 cm³/mol. The van der Waals surface area contributed by atoms with Gasteiger partial charge in [-0.05, 0) is 20.0 Å². The van der Waals surface area contributed by atoms with Crippen molar-refractivity contribution in [1.29, 1.82) is 0 Å². The van der Waals surface area contributed by atoms with Gasteiger partial charge in [-0.2, -0.15) is 0 Å². The summed E-state index contributed by atoms with van der Waals surface area (Å²) in [4.78, 5) is 13.7. The smallest absolute Gasteiger partial charge is 0.223 e. The zero-order valence-electron chi connectivity index (χ0n) is 11.2. The molecule has 0 aliphatic rings. The summed E-state index contributed by atoms with van der Waals surface area (Å²) in [6.45, 7) is 8.12. The minimum atomic E-state index is -0.325. The molecule has 0 saturated heterocycles. The molecule has 0 aliphatic heterocycles. The fourth-order valence-corrected chi connectivity index (χ4v) is 1.83. The first-order valence-corrected chi connectivity index (χ1v) is 6.30. The first-order chi connectivity index (χ1) is 8.58. The van der Waals surface area contributed by atoms with Gasteiger partial charge in [0.15, 0.2) is 5.75 Å². The molecule has 100 valence electrons. The number of allylic oxidation sites excluding steroid dienone is 1. The second kappa shape index (κ2) is 7.01. The van der Waals surface area contributed by atoms with Crippen LogP contribution in [0.3, 0.4) is 0 Å². The number of nitrogens with zero attached hydrogens (tertiary/aromatic N) is 2. The molecule has 4 heteroatoms. The van der Waals surface area contributed by atoms with Gasteiger partial charge in [0.25, 0.3) is 0 Å². The van der Waals surface area contributed by atoms with Crippen LogP contribution < -0.4 is 5.43 Å². The highest BCUT2D eigenvalue weighted by atomic mass is 16.3. The van der Waals surface area contributed by atoms with Crippen molar-refractivity contribution in [2.24, 2.45) is 0 Å². The Balaban J connectivity index is 2.88. The summed E-state index contributed by atoms with van der Waals surface area (Å²) in [6, 6.07) is 1.50. The molecule has 0 atom stereocenters. The largest absolute Gasteiger partial charge is 0.503 e. The van der Waals surface area contributed by atoms with Crippen molar-refractivity contribution in [2.45, 2.75) is 32.9 Å². The molecule has 1 aromatic heterocycles. The highest BCUT2D eigenvalue weighted by Gasteiger charge is 2.07. The fraction of sp³-hybridized carbons (Fsp3) is 0.500. The van der Waals surface area contributed by atoms with Crippen LogP contribution in [0.4, 0.5) is 0 Å². The molecule has 0 spiro atoms. The van der Waals surface area contributed by atoms with Gasteiger partial charge >= 0.3 is 0 Å². The van der Waals surface area contributed by atoms with Crippen molar-refractivity contribution in [3.63, 3.8) is 0 Å². The van der Waals surface area contributed by atoms with Crippen LogP contribution in [-0.4, -0.2) is 28.2 Å². The Kier molecular flexibility index (Phi) is 5.65. The van der Waals surface area contributed by atoms with Crippen LogP contribution in [0.5, 0.6) is 5.75 Å². The lowest BCUT2D eigenvalue weighted by Gasteiger charge is -2.19. The van der Waals surface area contributed by atoms with E-state index >= 15 is 0 Å². The summed E-state index contributed by atoms with van der Waals surface area (Å²) in [5, 5.41) is 9.45. The fourth-order valence-electron chi connectivity index (χ4n) is 1.83. The van der Waals surface area contributed by atoms with Crippen LogP contribution >= 0.6 is 0 Å². The first-order valence-electron chi connectivity index (χ1n) is 6.30. The highest BCUT2D eigenvalue weighted by molar-refractivity contribution is 5.20. The van der Waals surface area contributed by atoms with Gasteiger partial charge < -0.3 is 14.6 Å². The van der Waals surface area contributed by atoms with E-state index in [9.17, 15) is 9.90 Å².